The Morgan fingerprint density at radius 1 is 1.50 bits per heavy atom. The molecule has 0 aliphatic carbocycles. The maximum absolute atomic E-state index is 11.8. The van der Waals surface area contributed by atoms with Gasteiger partial charge in [0, 0.05) is 26.5 Å². The molecule has 0 aliphatic rings. The fourth-order valence-electron chi connectivity index (χ4n) is 1.40. The molecule has 8 heteroatoms. The third kappa shape index (κ3) is 3.14. The van der Waals surface area contributed by atoms with Gasteiger partial charge in [0.25, 0.3) is 5.56 Å². The van der Waals surface area contributed by atoms with Crippen molar-refractivity contribution in [2.45, 2.75) is 6.92 Å². The minimum atomic E-state index is -0.788. The highest BCUT2D eigenvalue weighted by Crippen LogP contribution is 2.00. The second-order valence-electron chi connectivity index (χ2n) is 3.84. The van der Waals surface area contributed by atoms with Crippen molar-refractivity contribution in [3.8, 4) is 6.07 Å². The van der Waals surface area contributed by atoms with E-state index in [0.717, 1.165) is 10.8 Å². The maximum atomic E-state index is 11.8. The summed E-state index contributed by atoms with van der Waals surface area (Å²) in [6.07, 6.45) is 2.35. The highest BCUT2D eigenvalue weighted by molar-refractivity contribution is 5.93. The van der Waals surface area contributed by atoms with Gasteiger partial charge in [-0.3, -0.25) is 9.36 Å². The predicted octanol–water partition coefficient (Wildman–Crippen LogP) is -0.534. The first kappa shape index (κ1) is 15.2. The summed E-state index contributed by atoms with van der Waals surface area (Å²) in [5.74, 6) is -0.788. The van der Waals surface area contributed by atoms with Gasteiger partial charge in [0.2, 0.25) is 0 Å². The van der Waals surface area contributed by atoms with Crippen molar-refractivity contribution in [1.29, 1.82) is 5.26 Å². The van der Waals surface area contributed by atoms with Crippen LogP contribution in [0.25, 0.3) is 0 Å². The highest BCUT2D eigenvalue weighted by atomic mass is 16.5. The molecule has 0 spiro atoms. The molecule has 0 unspecified atom stereocenters. The fraction of sp³-hybridized carbons (Fsp3) is 0.333. The lowest BCUT2D eigenvalue weighted by atomic mass is 10.3. The lowest BCUT2D eigenvalue weighted by molar-refractivity contribution is -0.138. The average Bonchev–Trinajstić information content (AvgIpc) is 2.42. The van der Waals surface area contributed by atoms with E-state index in [9.17, 15) is 14.4 Å². The van der Waals surface area contributed by atoms with E-state index < -0.39 is 17.2 Å². The molecular formula is C12H14N4O4. The molecule has 1 aromatic heterocycles. The van der Waals surface area contributed by atoms with E-state index in [-0.39, 0.29) is 17.9 Å². The molecule has 0 atom stereocenters. The minimum absolute atomic E-state index is 0.0617. The average molecular weight is 278 g/mol. The number of aryl methyl sites for hydroxylation is 1. The van der Waals surface area contributed by atoms with Crippen LogP contribution in [-0.2, 0) is 23.6 Å². The van der Waals surface area contributed by atoms with Crippen LogP contribution in [0.4, 0.5) is 5.69 Å². The molecule has 1 heterocycles. The van der Waals surface area contributed by atoms with Crippen LogP contribution in [0.2, 0.25) is 0 Å². The van der Waals surface area contributed by atoms with Crippen molar-refractivity contribution in [1.82, 2.24) is 9.13 Å². The van der Waals surface area contributed by atoms with Gasteiger partial charge < -0.3 is 14.6 Å². The summed E-state index contributed by atoms with van der Waals surface area (Å²) in [4.78, 5) is 34.7. The molecule has 106 valence electrons. The van der Waals surface area contributed by atoms with E-state index in [0.29, 0.717) is 0 Å². The van der Waals surface area contributed by atoms with E-state index >= 15 is 0 Å². The smallest absolute Gasteiger partial charge is 0.350 e. The summed E-state index contributed by atoms with van der Waals surface area (Å²) in [6.45, 7) is 1.75. The van der Waals surface area contributed by atoms with Gasteiger partial charge in [0.05, 0.1) is 6.61 Å². The van der Waals surface area contributed by atoms with E-state index in [1.165, 1.54) is 24.9 Å². The van der Waals surface area contributed by atoms with E-state index in [2.05, 4.69) is 10.1 Å². The monoisotopic (exact) mass is 278 g/mol. The van der Waals surface area contributed by atoms with Crippen LogP contribution >= 0.6 is 0 Å². The van der Waals surface area contributed by atoms with Crippen LogP contribution in [0.15, 0.2) is 27.6 Å². The zero-order valence-electron chi connectivity index (χ0n) is 11.3. The van der Waals surface area contributed by atoms with Crippen molar-refractivity contribution >= 4 is 11.7 Å². The zero-order valence-corrected chi connectivity index (χ0v) is 11.3. The van der Waals surface area contributed by atoms with Gasteiger partial charge in [-0.25, -0.2) is 9.59 Å². The van der Waals surface area contributed by atoms with Gasteiger partial charge in [0.1, 0.15) is 11.8 Å². The van der Waals surface area contributed by atoms with Crippen molar-refractivity contribution < 1.29 is 9.53 Å². The molecule has 1 aromatic rings. The third-order valence-corrected chi connectivity index (χ3v) is 2.43. The number of hydrogen-bond donors (Lipinski definition) is 1. The maximum Gasteiger partial charge on any atom is 0.350 e. The number of nitrogens with one attached hydrogen (secondary N) is 1. The predicted molar refractivity (Wildman–Crippen MR) is 70.9 cm³/mol. The fourth-order valence-corrected chi connectivity index (χ4v) is 1.40. The van der Waals surface area contributed by atoms with Crippen molar-refractivity contribution in [3.05, 3.63) is 38.8 Å². The van der Waals surface area contributed by atoms with Crippen molar-refractivity contribution in [2.24, 2.45) is 14.1 Å². The SMILES string of the molecule is CCOC(=O)/C(C#N)=C\Nc1cn(C)c(=O)n(C)c1=O. The number of hydrogen-bond acceptors (Lipinski definition) is 6. The van der Waals surface area contributed by atoms with Crippen LogP contribution in [0, 0.1) is 11.3 Å². The van der Waals surface area contributed by atoms with E-state index in [1.54, 1.807) is 13.0 Å². The quantitative estimate of drug-likeness (QED) is 0.450. The van der Waals surface area contributed by atoms with Crippen molar-refractivity contribution in [2.75, 3.05) is 11.9 Å². The van der Waals surface area contributed by atoms with Crippen LogP contribution in [0.1, 0.15) is 6.92 Å². The summed E-state index contributed by atoms with van der Waals surface area (Å²) < 4.78 is 6.78. The Balaban J connectivity index is 3.12. The molecular weight excluding hydrogens is 264 g/mol. The van der Waals surface area contributed by atoms with Crippen LogP contribution in [0.5, 0.6) is 0 Å². The first-order chi connectivity index (χ1) is 9.42. The van der Waals surface area contributed by atoms with Gasteiger partial charge in [-0.2, -0.15) is 5.26 Å². The molecule has 0 aromatic carbocycles. The number of ether oxygens (including phenoxy) is 1. The van der Waals surface area contributed by atoms with E-state index in [4.69, 9.17) is 5.26 Å². The summed E-state index contributed by atoms with van der Waals surface area (Å²) in [5.41, 5.74) is -1.25. The van der Waals surface area contributed by atoms with Crippen molar-refractivity contribution in [3.63, 3.8) is 0 Å². The number of anilines is 1. The molecule has 0 radical (unpaired) electrons. The van der Waals surface area contributed by atoms with E-state index in [1.807, 2.05) is 0 Å². The number of nitrogens with zero attached hydrogens (tertiary/aromatic N) is 3. The number of rotatable bonds is 4. The van der Waals surface area contributed by atoms with Crippen LogP contribution in [-0.4, -0.2) is 21.7 Å². The Kier molecular flexibility index (Phi) is 4.86. The highest BCUT2D eigenvalue weighted by Gasteiger charge is 2.11. The molecule has 8 nitrogen and oxygen atoms in total. The van der Waals surface area contributed by atoms with Gasteiger partial charge >= 0.3 is 11.7 Å². The molecule has 0 saturated heterocycles. The normalized spacial score (nSPS) is 10.8. The lowest BCUT2D eigenvalue weighted by Crippen LogP contribution is -2.37. The third-order valence-electron chi connectivity index (χ3n) is 2.43. The van der Waals surface area contributed by atoms with Gasteiger partial charge in [0.15, 0.2) is 5.57 Å². The Morgan fingerprint density at radius 2 is 2.15 bits per heavy atom. The Morgan fingerprint density at radius 3 is 2.70 bits per heavy atom. The molecule has 0 aliphatic heterocycles. The molecule has 1 rings (SSSR count). The zero-order chi connectivity index (χ0) is 15.3. The summed E-state index contributed by atoms with van der Waals surface area (Å²) in [6, 6.07) is 1.66. The largest absolute Gasteiger partial charge is 0.462 e. The molecule has 1 N–H and O–H groups in total. The molecule has 0 saturated carbocycles. The standard InChI is InChI=1S/C12H14N4O4/c1-4-20-11(18)8(5-13)6-14-9-7-15(2)12(19)16(3)10(9)17/h6-7,14H,4H2,1-3H3/b8-6-. The number of carbonyl (C=O) groups is 1. The first-order valence-electron chi connectivity index (χ1n) is 5.73. The number of nitriles is 1. The summed E-state index contributed by atoms with van der Waals surface area (Å²) in [7, 11) is 2.81. The second kappa shape index (κ2) is 6.38. The van der Waals surface area contributed by atoms with Gasteiger partial charge in [-0.15, -0.1) is 0 Å². The minimum Gasteiger partial charge on any atom is -0.462 e. The second-order valence-corrected chi connectivity index (χ2v) is 3.84. The van der Waals surface area contributed by atoms with Gasteiger partial charge in [-0.1, -0.05) is 0 Å². The Hall–Kier alpha value is -2.82. The lowest BCUT2D eigenvalue weighted by Gasteiger charge is -2.06. The number of esters is 1. The summed E-state index contributed by atoms with van der Waals surface area (Å²) in [5, 5.41) is 11.4. The molecule has 0 fully saturated rings. The Labute approximate surface area is 114 Å². The number of aromatic nitrogens is 2. The van der Waals surface area contributed by atoms with Crippen LogP contribution in [0.3, 0.4) is 0 Å². The van der Waals surface area contributed by atoms with Crippen LogP contribution < -0.4 is 16.6 Å². The number of carbonyl (C=O) groups excluding carboxylic acids is 1. The van der Waals surface area contributed by atoms with Gasteiger partial charge in [-0.05, 0) is 6.92 Å². The molecule has 0 bridgehead atoms. The molecule has 20 heavy (non-hydrogen) atoms. The molecule has 0 amide bonds. The Bertz CT molecular complexity index is 706. The topological polar surface area (TPSA) is 106 Å². The summed E-state index contributed by atoms with van der Waals surface area (Å²) >= 11 is 0. The first-order valence-corrected chi connectivity index (χ1v) is 5.73.